The quantitative estimate of drug-likeness (QED) is 0.703. The van der Waals surface area contributed by atoms with Crippen LogP contribution in [0.2, 0.25) is 0 Å². The SMILES string of the molecule is CC(C)(C)S(=O)(=O)/C(C#N)=C/N=S(C)(C)=O. The Balaban J connectivity index is 5.75. The molecule has 0 saturated heterocycles. The van der Waals surface area contributed by atoms with Crippen molar-refractivity contribution >= 4 is 19.6 Å². The lowest BCUT2D eigenvalue weighted by atomic mass is 10.3. The molecular weight excluding hydrogens is 248 g/mol. The van der Waals surface area contributed by atoms with E-state index in [0.29, 0.717) is 0 Å². The second-order valence-electron chi connectivity index (χ2n) is 4.51. The van der Waals surface area contributed by atoms with Gasteiger partial charge in [0.05, 0.1) is 10.9 Å². The van der Waals surface area contributed by atoms with Gasteiger partial charge in [-0.15, -0.1) is 0 Å². The van der Waals surface area contributed by atoms with E-state index in [-0.39, 0.29) is 0 Å². The molecule has 0 aromatic carbocycles. The molecule has 0 heterocycles. The van der Waals surface area contributed by atoms with Crippen molar-refractivity contribution < 1.29 is 12.6 Å². The molecule has 16 heavy (non-hydrogen) atoms. The van der Waals surface area contributed by atoms with Crippen LogP contribution < -0.4 is 0 Å². The molecule has 0 atom stereocenters. The normalized spacial score (nSPS) is 14.4. The summed E-state index contributed by atoms with van der Waals surface area (Å²) in [5.41, 5.74) is 0. The van der Waals surface area contributed by atoms with E-state index in [1.54, 1.807) is 6.07 Å². The predicted molar refractivity (Wildman–Crippen MR) is 64.8 cm³/mol. The molecule has 0 aromatic heterocycles. The molecule has 0 aromatic rings. The van der Waals surface area contributed by atoms with E-state index >= 15 is 0 Å². The third kappa shape index (κ3) is 3.94. The molecule has 0 N–H and O–H groups in total. The van der Waals surface area contributed by atoms with Crippen molar-refractivity contribution in [2.45, 2.75) is 25.5 Å². The number of hydrogen-bond donors (Lipinski definition) is 0. The molecule has 5 nitrogen and oxygen atoms in total. The van der Waals surface area contributed by atoms with Crippen molar-refractivity contribution in [3.05, 3.63) is 11.1 Å². The summed E-state index contributed by atoms with van der Waals surface area (Å²) in [6.07, 6.45) is 3.60. The third-order valence-corrected chi connectivity index (χ3v) is 4.63. The van der Waals surface area contributed by atoms with Gasteiger partial charge in [0.25, 0.3) is 0 Å². The molecule has 0 bridgehead atoms. The molecule has 0 amide bonds. The van der Waals surface area contributed by atoms with Gasteiger partial charge in [-0.3, -0.25) is 0 Å². The van der Waals surface area contributed by atoms with Crippen LogP contribution in [0.5, 0.6) is 0 Å². The van der Waals surface area contributed by atoms with Gasteiger partial charge >= 0.3 is 0 Å². The molecule has 0 aliphatic carbocycles. The van der Waals surface area contributed by atoms with Gasteiger partial charge in [-0.05, 0) is 20.8 Å². The van der Waals surface area contributed by atoms with E-state index in [2.05, 4.69) is 4.36 Å². The summed E-state index contributed by atoms with van der Waals surface area (Å²) < 4.78 is 37.5. The van der Waals surface area contributed by atoms with Crippen LogP contribution in [0.15, 0.2) is 15.5 Å². The highest BCUT2D eigenvalue weighted by Gasteiger charge is 2.33. The first-order valence-electron chi connectivity index (χ1n) is 4.43. The lowest BCUT2D eigenvalue weighted by Crippen LogP contribution is -2.28. The van der Waals surface area contributed by atoms with Gasteiger partial charge in [-0.2, -0.15) is 5.26 Å². The Morgan fingerprint density at radius 3 is 1.94 bits per heavy atom. The minimum absolute atomic E-state index is 0.462. The average Bonchev–Trinajstić information content (AvgIpc) is 2.00. The first-order chi connectivity index (χ1) is 6.92. The fourth-order valence-electron chi connectivity index (χ4n) is 0.663. The van der Waals surface area contributed by atoms with Crippen molar-refractivity contribution in [3.8, 4) is 6.07 Å². The zero-order chi connectivity index (χ0) is 13.2. The van der Waals surface area contributed by atoms with Crippen molar-refractivity contribution in [2.75, 3.05) is 12.5 Å². The van der Waals surface area contributed by atoms with Gasteiger partial charge in [0.15, 0.2) is 14.7 Å². The highest BCUT2D eigenvalue weighted by atomic mass is 32.2. The number of hydrogen-bond acceptors (Lipinski definition) is 5. The van der Waals surface area contributed by atoms with Crippen LogP contribution in [0.1, 0.15) is 20.8 Å². The third-order valence-electron chi connectivity index (χ3n) is 1.63. The highest BCUT2D eigenvalue weighted by molar-refractivity contribution is 7.96. The van der Waals surface area contributed by atoms with Crippen LogP contribution in [0.25, 0.3) is 0 Å². The summed E-state index contributed by atoms with van der Waals surface area (Å²) in [7, 11) is -6.18. The Bertz CT molecular complexity index is 543. The zero-order valence-electron chi connectivity index (χ0n) is 10.0. The summed E-state index contributed by atoms with van der Waals surface area (Å²) in [6, 6.07) is 1.58. The number of rotatable bonds is 2. The minimum Gasteiger partial charge on any atom is -0.250 e. The number of sulfone groups is 1. The molecule has 0 unspecified atom stereocenters. The average molecular weight is 264 g/mol. The standard InChI is InChI=1S/C9H16N2O3S2/c1-9(2,3)16(13,14)8(6-10)7-11-15(4,5)12/h7H,1-5H3/b8-7+. The second kappa shape index (κ2) is 4.55. The predicted octanol–water partition coefficient (Wildman–Crippen LogP) is 1.29. The van der Waals surface area contributed by atoms with Crippen LogP contribution >= 0.6 is 0 Å². The van der Waals surface area contributed by atoms with E-state index in [1.807, 2.05) is 0 Å². The zero-order valence-corrected chi connectivity index (χ0v) is 11.6. The Hall–Kier alpha value is -0.870. The molecule has 0 saturated carbocycles. The molecular formula is C9H16N2O3S2. The lowest BCUT2D eigenvalue weighted by Gasteiger charge is -2.17. The van der Waals surface area contributed by atoms with Crippen LogP contribution in [0.3, 0.4) is 0 Å². The Labute approximate surface area is 97.3 Å². The molecule has 0 rings (SSSR count). The maximum Gasteiger partial charge on any atom is 0.194 e. The fourth-order valence-corrected chi connectivity index (χ4v) is 2.06. The molecule has 0 spiro atoms. The molecule has 0 fully saturated rings. The van der Waals surface area contributed by atoms with E-state index in [0.717, 1.165) is 6.20 Å². The molecule has 0 aliphatic rings. The van der Waals surface area contributed by atoms with E-state index in [4.69, 9.17) is 5.26 Å². The van der Waals surface area contributed by atoms with Crippen LogP contribution in [-0.4, -0.2) is 29.9 Å². The van der Waals surface area contributed by atoms with Gasteiger partial charge in [0, 0.05) is 22.2 Å². The van der Waals surface area contributed by atoms with Crippen molar-refractivity contribution in [3.63, 3.8) is 0 Å². The van der Waals surface area contributed by atoms with Crippen LogP contribution in [0, 0.1) is 11.3 Å². The fraction of sp³-hybridized carbons (Fsp3) is 0.667. The van der Waals surface area contributed by atoms with Crippen molar-refractivity contribution in [1.29, 1.82) is 5.26 Å². The summed E-state index contributed by atoms with van der Waals surface area (Å²) in [5.74, 6) is 0. The monoisotopic (exact) mass is 264 g/mol. The second-order valence-corrected chi connectivity index (χ2v) is 9.75. The number of nitriles is 1. The summed E-state index contributed by atoms with van der Waals surface area (Å²) >= 11 is 0. The molecule has 0 aliphatic heterocycles. The van der Waals surface area contributed by atoms with Gasteiger partial charge in [0.1, 0.15) is 6.07 Å². The summed E-state index contributed by atoms with van der Waals surface area (Å²) in [5, 5.41) is 8.77. The van der Waals surface area contributed by atoms with E-state index in [1.165, 1.54) is 33.3 Å². The summed E-state index contributed by atoms with van der Waals surface area (Å²) in [4.78, 5) is -0.462. The maximum atomic E-state index is 11.9. The smallest absolute Gasteiger partial charge is 0.194 e. The number of allylic oxidation sites excluding steroid dienone is 1. The van der Waals surface area contributed by atoms with Gasteiger partial charge < -0.3 is 0 Å². The van der Waals surface area contributed by atoms with E-state index in [9.17, 15) is 12.6 Å². The minimum atomic E-state index is -3.73. The van der Waals surface area contributed by atoms with Crippen LogP contribution in [0.4, 0.5) is 0 Å². The number of nitrogens with zero attached hydrogens (tertiary/aromatic N) is 2. The van der Waals surface area contributed by atoms with Gasteiger partial charge in [0.2, 0.25) is 0 Å². The van der Waals surface area contributed by atoms with E-state index < -0.39 is 29.2 Å². The first-order valence-corrected chi connectivity index (χ1v) is 8.24. The Kier molecular flexibility index (Phi) is 4.31. The van der Waals surface area contributed by atoms with Crippen molar-refractivity contribution in [1.82, 2.24) is 0 Å². The largest absolute Gasteiger partial charge is 0.250 e. The Morgan fingerprint density at radius 2 is 1.69 bits per heavy atom. The molecule has 92 valence electrons. The van der Waals surface area contributed by atoms with Crippen molar-refractivity contribution in [2.24, 2.45) is 4.36 Å². The molecule has 0 radical (unpaired) electrons. The Morgan fingerprint density at radius 1 is 1.25 bits per heavy atom. The first kappa shape index (κ1) is 15.1. The molecule has 7 heteroatoms. The van der Waals surface area contributed by atoms with Gasteiger partial charge in [-0.25, -0.2) is 17.0 Å². The summed E-state index contributed by atoms with van der Waals surface area (Å²) in [6.45, 7) is 4.47. The lowest BCUT2D eigenvalue weighted by molar-refractivity contribution is 0.568. The maximum absolute atomic E-state index is 11.9. The highest BCUT2D eigenvalue weighted by Crippen LogP contribution is 2.23. The van der Waals surface area contributed by atoms with Crippen LogP contribution in [-0.2, 0) is 19.6 Å². The van der Waals surface area contributed by atoms with Gasteiger partial charge in [-0.1, -0.05) is 0 Å². The topological polar surface area (TPSA) is 87.4 Å².